The summed E-state index contributed by atoms with van der Waals surface area (Å²) < 4.78 is 22.5. The highest BCUT2D eigenvalue weighted by Gasteiger charge is 2.12. The Kier molecular flexibility index (Phi) is 6.28. The van der Waals surface area contributed by atoms with Crippen LogP contribution < -0.4 is 10.5 Å². The van der Waals surface area contributed by atoms with Gasteiger partial charge in [-0.15, -0.1) is 11.8 Å². The molecule has 0 aliphatic heterocycles. The standard InChI is InChI=1S/C16H17ClN2O3S2/c1-11(12-2-8-15(9-3-12)24(18,21)22)19-16(20)10-23-14-6-4-13(17)5-7-14/h2-9,11H,10H2,1H3,(H,19,20)(H2,18,21,22). The predicted octanol–water partition coefficient (Wildman–Crippen LogP) is 2.96. The average Bonchev–Trinajstić information content (AvgIpc) is 2.53. The van der Waals surface area contributed by atoms with E-state index < -0.39 is 10.0 Å². The Morgan fingerprint density at radius 2 is 1.75 bits per heavy atom. The third-order valence-corrected chi connectivity index (χ3v) is 5.46. The number of primary sulfonamides is 1. The van der Waals surface area contributed by atoms with Crippen LogP contribution >= 0.6 is 23.4 Å². The number of benzene rings is 2. The van der Waals surface area contributed by atoms with Crippen LogP contribution in [0.3, 0.4) is 0 Å². The second kappa shape index (κ2) is 8.02. The number of halogens is 1. The molecule has 24 heavy (non-hydrogen) atoms. The number of thioether (sulfide) groups is 1. The number of carbonyl (C=O) groups excluding carboxylic acids is 1. The molecule has 0 aliphatic carbocycles. The Morgan fingerprint density at radius 3 is 2.29 bits per heavy atom. The van der Waals surface area contributed by atoms with Crippen molar-refractivity contribution in [2.24, 2.45) is 5.14 Å². The van der Waals surface area contributed by atoms with Crippen LogP contribution in [0, 0.1) is 0 Å². The van der Waals surface area contributed by atoms with E-state index in [4.69, 9.17) is 16.7 Å². The van der Waals surface area contributed by atoms with Crippen molar-refractivity contribution in [2.45, 2.75) is 22.8 Å². The smallest absolute Gasteiger partial charge is 0.238 e. The third-order valence-electron chi connectivity index (χ3n) is 3.27. The molecule has 0 bridgehead atoms. The molecule has 0 saturated heterocycles. The van der Waals surface area contributed by atoms with Crippen molar-refractivity contribution in [1.82, 2.24) is 5.32 Å². The number of hydrogen-bond donors (Lipinski definition) is 2. The van der Waals surface area contributed by atoms with Gasteiger partial charge in [-0.1, -0.05) is 23.7 Å². The van der Waals surface area contributed by atoms with Crippen LogP contribution in [-0.2, 0) is 14.8 Å². The first-order valence-corrected chi connectivity index (χ1v) is 9.97. The van der Waals surface area contributed by atoms with Crippen molar-refractivity contribution in [1.29, 1.82) is 0 Å². The summed E-state index contributed by atoms with van der Waals surface area (Å²) in [6.45, 7) is 1.83. The highest BCUT2D eigenvalue weighted by Crippen LogP contribution is 2.21. The van der Waals surface area contributed by atoms with E-state index in [0.29, 0.717) is 5.02 Å². The SMILES string of the molecule is CC(NC(=O)CSc1ccc(Cl)cc1)c1ccc(S(N)(=O)=O)cc1. The Balaban J connectivity index is 1.90. The fraction of sp³-hybridized carbons (Fsp3) is 0.188. The molecule has 2 aromatic carbocycles. The lowest BCUT2D eigenvalue weighted by molar-refractivity contribution is -0.119. The molecule has 0 aromatic heterocycles. The maximum Gasteiger partial charge on any atom is 0.238 e. The highest BCUT2D eigenvalue weighted by atomic mass is 35.5. The molecule has 0 fully saturated rings. The van der Waals surface area contributed by atoms with Gasteiger partial charge < -0.3 is 5.32 Å². The van der Waals surface area contributed by atoms with Gasteiger partial charge in [0.1, 0.15) is 0 Å². The van der Waals surface area contributed by atoms with Crippen LogP contribution in [0.15, 0.2) is 58.3 Å². The summed E-state index contributed by atoms with van der Waals surface area (Å²) in [4.78, 5) is 13.0. The van der Waals surface area contributed by atoms with Gasteiger partial charge in [-0.3, -0.25) is 4.79 Å². The lowest BCUT2D eigenvalue weighted by atomic mass is 10.1. The number of nitrogens with one attached hydrogen (secondary N) is 1. The van der Waals surface area contributed by atoms with Crippen LogP contribution in [0.1, 0.15) is 18.5 Å². The summed E-state index contributed by atoms with van der Waals surface area (Å²) in [6.07, 6.45) is 0. The van der Waals surface area contributed by atoms with Gasteiger partial charge in [0.15, 0.2) is 0 Å². The predicted molar refractivity (Wildman–Crippen MR) is 96.5 cm³/mol. The van der Waals surface area contributed by atoms with Crippen molar-refractivity contribution in [2.75, 3.05) is 5.75 Å². The van der Waals surface area contributed by atoms with Gasteiger partial charge in [0.2, 0.25) is 15.9 Å². The monoisotopic (exact) mass is 384 g/mol. The number of sulfonamides is 1. The van der Waals surface area contributed by atoms with E-state index in [0.717, 1.165) is 10.5 Å². The zero-order valence-electron chi connectivity index (χ0n) is 12.9. The minimum atomic E-state index is -3.71. The van der Waals surface area contributed by atoms with Crippen molar-refractivity contribution in [3.8, 4) is 0 Å². The van der Waals surface area contributed by atoms with E-state index in [2.05, 4.69) is 5.32 Å². The molecule has 8 heteroatoms. The Labute approximate surface area is 150 Å². The molecule has 0 aliphatic rings. The van der Waals surface area contributed by atoms with Gasteiger partial charge in [0, 0.05) is 9.92 Å². The van der Waals surface area contributed by atoms with Crippen molar-refractivity contribution >= 4 is 39.3 Å². The van der Waals surface area contributed by atoms with Gasteiger partial charge in [-0.05, 0) is 48.9 Å². The van der Waals surface area contributed by atoms with Crippen molar-refractivity contribution < 1.29 is 13.2 Å². The first kappa shape index (κ1) is 18.8. The molecule has 0 spiro atoms. The van der Waals surface area contributed by atoms with E-state index in [1.54, 1.807) is 24.3 Å². The zero-order valence-corrected chi connectivity index (χ0v) is 15.3. The van der Waals surface area contributed by atoms with E-state index in [-0.39, 0.29) is 22.6 Å². The largest absolute Gasteiger partial charge is 0.349 e. The second-order valence-corrected chi connectivity index (χ2v) is 8.19. The van der Waals surface area contributed by atoms with E-state index >= 15 is 0 Å². The Morgan fingerprint density at radius 1 is 1.17 bits per heavy atom. The fourth-order valence-corrected chi connectivity index (χ4v) is 3.34. The molecule has 1 amide bonds. The van der Waals surface area contributed by atoms with Gasteiger partial charge in [0.05, 0.1) is 16.7 Å². The van der Waals surface area contributed by atoms with E-state index in [9.17, 15) is 13.2 Å². The van der Waals surface area contributed by atoms with E-state index in [1.807, 2.05) is 19.1 Å². The molecule has 2 aromatic rings. The molecule has 1 unspecified atom stereocenters. The summed E-state index contributed by atoms with van der Waals surface area (Å²) in [7, 11) is -3.71. The summed E-state index contributed by atoms with van der Waals surface area (Å²) >= 11 is 7.23. The number of amides is 1. The van der Waals surface area contributed by atoms with E-state index in [1.165, 1.54) is 23.9 Å². The van der Waals surface area contributed by atoms with Crippen LogP contribution in [0.25, 0.3) is 0 Å². The van der Waals surface area contributed by atoms with Crippen LogP contribution in [0.2, 0.25) is 5.02 Å². The second-order valence-electron chi connectivity index (χ2n) is 5.15. The molecule has 0 radical (unpaired) electrons. The number of nitrogens with two attached hydrogens (primary N) is 1. The molecular weight excluding hydrogens is 368 g/mol. The molecular formula is C16H17ClN2O3S2. The molecule has 0 saturated carbocycles. The third kappa shape index (κ3) is 5.52. The normalized spacial score (nSPS) is 12.6. The van der Waals surface area contributed by atoms with Crippen LogP contribution in [0.5, 0.6) is 0 Å². The molecule has 128 valence electrons. The summed E-state index contributed by atoms with van der Waals surface area (Å²) in [5, 5.41) is 8.58. The minimum absolute atomic E-state index is 0.0445. The Bertz CT molecular complexity index is 806. The molecule has 5 nitrogen and oxygen atoms in total. The number of carbonyl (C=O) groups is 1. The summed E-state index contributed by atoms with van der Waals surface area (Å²) in [5.41, 5.74) is 0.798. The Hall–Kier alpha value is -1.54. The van der Waals surface area contributed by atoms with Crippen LogP contribution in [-0.4, -0.2) is 20.1 Å². The van der Waals surface area contributed by atoms with Crippen molar-refractivity contribution in [3.63, 3.8) is 0 Å². The van der Waals surface area contributed by atoms with Gasteiger partial charge in [0.25, 0.3) is 0 Å². The highest BCUT2D eigenvalue weighted by molar-refractivity contribution is 8.00. The quantitative estimate of drug-likeness (QED) is 0.749. The maximum atomic E-state index is 12.0. The maximum absolute atomic E-state index is 12.0. The molecule has 0 heterocycles. The van der Waals surface area contributed by atoms with Crippen LogP contribution in [0.4, 0.5) is 0 Å². The molecule has 3 N–H and O–H groups in total. The summed E-state index contributed by atoms with van der Waals surface area (Å²) in [6, 6.07) is 13.2. The number of hydrogen-bond acceptors (Lipinski definition) is 4. The number of rotatable bonds is 6. The van der Waals surface area contributed by atoms with Gasteiger partial charge in [-0.2, -0.15) is 0 Å². The first-order chi connectivity index (χ1) is 11.3. The molecule has 2 rings (SSSR count). The van der Waals surface area contributed by atoms with Gasteiger partial charge >= 0.3 is 0 Å². The first-order valence-electron chi connectivity index (χ1n) is 7.06. The van der Waals surface area contributed by atoms with Gasteiger partial charge in [-0.25, -0.2) is 13.6 Å². The minimum Gasteiger partial charge on any atom is -0.349 e. The topological polar surface area (TPSA) is 89.3 Å². The summed E-state index contributed by atoms with van der Waals surface area (Å²) in [5.74, 6) is 0.166. The van der Waals surface area contributed by atoms with Crippen molar-refractivity contribution in [3.05, 3.63) is 59.1 Å². The average molecular weight is 385 g/mol. The lowest BCUT2D eigenvalue weighted by Gasteiger charge is -2.14. The zero-order chi connectivity index (χ0) is 17.7. The lowest BCUT2D eigenvalue weighted by Crippen LogP contribution is -2.28. The fourth-order valence-electron chi connectivity index (χ4n) is 1.99. The molecule has 1 atom stereocenters.